The second-order valence-corrected chi connectivity index (χ2v) is 5.29. The first kappa shape index (κ1) is 16.8. The second-order valence-electron chi connectivity index (χ2n) is 5.29. The minimum Gasteiger partial charge on any atom is -0.326 e. The van der Waals surface area contributed by atoms with Gasteiger partial charge in [-0.2, -0.15) is 0 Å². The second kappa shape index (κ2) is 6.97. The Balaban J connectivity index is 3.09. The Labute approximate surface area is 123 Å². The van der Waals surface area contributed by atoms with Crippen molar-refractivity contribution in [2.24, 2.45) is 11.8 Å². The molecular formula is C15H20N2O4. The minimum atomic E-state index is -0.592. The number of amides is 1. The molecule has 0 aliphatic rings. The average Bonchev–Trinajstić information content (AvgIpc) is 2.44. The molecule has 1 aromatic rings. The van der Waals surface area contributed by atoms with Crippen molar-refractivity contribution in [3.05, 3.63) is 33.9 Å². The molecule has 0 saturated carbocycles. The summed E-state index contributed by atoms with van der Waals surface area (Å²) in [7, 11) is 0. The third kappa shape index (κ3) is 4.11. The smallest absolute Gasteiger partial charge is 0.280 e. The van der Waals surface area contributed by atoms with Gasteiger partial charge in [0, 0.05) is 24.1 Å². The fraction of sp³-hybridized carbons (Fsp3) is 0.467. The van der Waals surface area contributed by atoms with Gasteiger partial charge in [0.15, 0.2) is 5.78 Å². The summed E-state index contributed by atoms with van der Waals surface area (Å²) in [6.45, 7) is 7.32. The largest absolute Gasteiger partial charge is 0.326 e. The summed E-state index contributed by atoms with van der Waals surface area (Å²) in [6.07, 6.45) is 0.167. The summed E-state index contributed by atoms with van der Waals surface area (Å²) in [5, 5.41) is 13.6. The zero-order valence-corrected chi connectivity index (χ0v) is 12.7. The topological polar surface area (TPSA) is 89.3 Å². The van der Waals surface area contributed by atoms with E-state index in [1.165, 1.54) is 18.2 Å². The van der Waals surface area contributed by atoms with Crippen LogP contribution in [-0.2, 0) is 4.79 Å². The molecule has 1 N–H and O–H groups in total. The van der Waals surface area contributed by atoms with Gasteiger partial charge in [-0.3, -0.25) is 19.7 Å². The fourth-order valence-corrected chi connectivity index (χ4v) is 1.75. The Morgan fingerprint density at radius 1 is 1.29 bits per heavy atom. The number of nitrogens with one attached hydrogen (secondary N) is 1. The van der Waals surface area contributed by atoms with Crippen molar-refractivity contribution in [2.75, 3.05) is 5.32 Å². The summed E-state index contributed by atoms with van der Waals surface area (Å²) < 4.78 is 0. The number of benzene rings is 1. The molecule has 21 heavy (non-hydrogen) atoms. The molecule has 0 aliphatic carbocycles. The van der Waals surface area contributed by atoms with Gasteiger partial charge in [-0.05, 0) is 18.1 Å². The van der Waals surface area contributed by atoms with Gasteiger partial charge in [0.1, 0.15) is 0 Å². The number of rotatable bonds is 6. The summed E-state index contributed by atoms with van der Waals surface area (Å²) in [5.74, 6) is -0.506. The van der Waals surface area contributed by atoms with Crippen molar-refractivity contribution in [1.29, 1.82) is 0 Å². The standard InChI is InChI=1S/C15H20N2O4/c1-5-14(18)12-8-11(6-7-13(12)17(20)21)16-15(19)10(4)9(2)3/h6-10H,5H2,1-4H3,(H,16,19). The first-order valence-corrected chi connectivity index (χ1v) is 6.90. The summed E-state index contributed by atoms with van der Waals surface area (Å²) in [6, 6.07) is 4.06. The zero-order chi connectivity index (χ0) is 16.2. The highest BCUT2D eigenvalue weighted by molar-refractivity contribution is 6.01. The van der Waals surface area contributed by atoms with Crippen molar-refractivity contribution >= 4 is 23.1 Å². The van der Waals surface area contributed by atoms with E-state index >= 15 is 0 Å². The van der Waals surface area contributed by atoms with Crippen LogP contribution >= 0.6 is 0 Å². The Morgan fingerprint density at radius 2 is 1.90 bits per heavy atom. The molecule has 1 aromatic carbocycles. The first-order chi connectivity index (χ1) is 9.77. The summed E-state index contributed by atoms with van der Waals surface area (Å²) >= 11 is 0. The Hall–Kier alpha value is -2.24. The summed E-state index contributed by atoms with van der Waals surface area (Å²) in [4.78, 5) is 34.1. The number of carbonyl (C=O) groups is 2. The van der Waals surface area contributed by atoms with Crippen LogP contribution in [0.2, 0.25) is 0 Å². The highest BCUT2D eigenvalue weighted by Gasteiger charge is 2.21. The first-order valence-electron chi connectivity index (χ1n) is 6.90. The number of ketones is 1. The quantitative estimate of drug-likeness (QED) is 0.494. The maximum absolute atomic E-state index is 12.0. The monoisotopic (exact) mass is 292 g/mol. The predicted octanol–water partition coefficient (Wildman–Crippen LogP) is 3.42. The van der Waals surface area contributed by atoms with Crippen LogP contribution in [0.4, 0.5) is 11.4 Å². The lowest BCUT2D eigenvalue weighted by Crippen LogP contribution is -2.24. The van der Waals surface area contributed by atoms with Crippen molar-refractivity contribution in [1.82, 2.24) is 0 Å². The number of anilines is 1. The van der Waals surface area contributed by atoms with Crippen molar-refractivity contribution < 1.29 is 14.5 Å². The fourth-order valence-electron chi connectivity index (χ4n) is 1.75. The highest BCUT2D eigenvalue weighted by Crippen LogP contribution is 2.25. The molecule has 0 spiro atoms. The van der Waals surface area contributed by atoms with Gasteiger partial charge in [-0.1, -0.05) is 27.7 Å². The van der Waals surface area contributed by atoms with E-state index in [0.717, 1.165) is 0 Å². The number of hydrogen-bond acceptors (Lipinski definition) is 4. The van der Waals surface area contributed by atoms with Crippen LogP contribution in [-0.4, -0.2) is 16.6 Å². The van der Waals surface area contributed by atoms with Crippen LogP contribution in [0.25, 0.3) is 0 Å². The molecule has 0 saturated heterocycles. The third-order valence-electron chi connectivity index (χ3n) is 3.50. The minimum absolute atomic E-state index is 0.0255. The summed E-state index contributed by atoms with van der Waals surface area (Å²) in [5.41, 5.74) is 0.184. The van der Waals surface area contributed by atoms with E-state index in [2.05, 4.69) is 5.32 Å². The number of nitro benzene ring substituents is 1. The van der Waals surface area contributed by atoms with Crippen LogP contribution in [0, 0.1) is 22.0 Å². The Morgan fingerprint density at radius 3 is 2.38 bits per heavy atom. The Kier molecular flexibility index (Phi) is 5.58. The van der Waals surface area contributed by atoms with E-state index in [9.17, 15) is 19.7 Å². The lowest BCUT2D eigenvalue weighted by atomic mass is 9.97. The van der Waals surface area contributed by atoms with E-state index in [0.29, 0.717) is 5.69 Å². The number of hydrogen-bond donors (Lipinski definition) is 1. The average molecular weight is 292 g/mol. The molecule has 1 unspecified atom stereocenters. The molecule has 1 rings (SSSR count). The molecular weight excluding hydrogens is 272 g/mol. The molecule has 114 valence electrons. The Bertz CT molecular complexity index is 567. The van der Waals surface area contributed by atoms with Crippen LogP contribution in [0.1, 0.15) is 44.5 Å². The van der Waals surface area contributed by atoms with Crippen molar-refractivity contribution in [3.63, 3.8) is 0 Å². The molecule has 0 radical (unpaired) electrons. The molecule has 0 aliphatic heterocycles. The number of carbonyl (C=O) groups excluding carboxylic acids is 2. The van der Waals surface area contributed by atoms with Crippen LogP contribution in [0.5, 0.6) is 0 Å². The van der Waals surface area contributed by atoms with Gasteiger partial charge in [0.2, 0.25) is 5.91 Å². The predicted molar refractivity (Wildman–Crippen MR) is 80.3 cm³/mol. The van der Waals surface area contributed by atoms with Gasteiger partial charge in [-0.15, -0.1) is 0 Å². The molecule has 1 atom stereocenters. The molecule has 0 heterocycles. The molecule has 0 bridgehead atoms. The van der Waals surface area contributed by atoms with Crippen molar-refractivity contribution in [3.8, 4) is 0 Å². The molecule has 0 aromatic heterocycles. The number of Topliss-reactive ketones (excluding diaryl/α,β-unsaturated/α-hetero) is 1. The van der Waals surface area contributed by atoms with Crippen molar-refractivity contribution in [2.45, 2.75) is 34.1 Å². The zero-order valence-electron chi connectivity index (χ0n) is 12.7. The van der Waals surface area contributed by atoms with E-state index in [-0.39, 0.29) is 41.2 Å². The van der Waals surface area contributed by atoms with Crippen LogP contribution < -0.4 is 5.32 Å². The maximum Gasteiger partial charge on any atom is 0.280 e. The lowest BCUT2D eigenvalue weighted by molar-refractivity contribution is -0.385. The normalized spacial score (nSPS) is 12.0. The third-order valence-corrected chi connectivity index (χ3v) is 3.50. The van der Waals surface area contributed by atoms with Gasteiger partial charge >= 0.3 is 0 Å². The van der Waals surface area contributed by atoms with Gasteiger partial charge in [0.25, 0.3) is 5.69 Å². The number of nitro groups is 1. The van der Waals surface area contributed by atoms with E-state index in [1.54, 1.807) is 6.92 Å². The SMILES string of the molecule is CCC(=O)c1cc(NC(=O)C(C)C(C)C)ccc1[N+](=O)[O-]. The molecule has 1 amide bonds. The van der Waals surface area contributed by atoms with Gasteiger partial charge < -0.3 is 5.32 Å². The van der Waals surface area contributed by atoms with Crippen LogP contribution in [0.3, 0.4) is 0 Å². The maximum atomic E-state index is 12.0. The lowest BCUT2D eigenvalue weighted by Gasteiger charge is -2.15. The van der Waals surface area contributed by atoms with E-state index < -0.39 is 4.92 Å². The highest BCUT2D eigenvalue weighted by atomic mass is 16.6. The molecule has 6 heteroatoms. The van der Waals surface area contributed by atoms with Gasteiger partial charge in [0.05, 0.1) is 10.5 Å². The van der Waals surface area contributed by atoms with E-state index in [4.69, 9.17) is 0 Å². The number of nitrogens with zero attached hydrogens (tertiary/aromatic N) is 1. The van der Waals surface area contributed by atoms with Crippen LogP contribution in [0.15, 0.2) is 18.2 Å². The van der Waals surface area contributed by atoms with Gasteiger partial charge in [-0.25, -0.2) is 0 Å². The van der Waals surface area contributed by atoms with E-state index in [1.807, 2.05) is 20.8 Å². The molecule has 0 fully saturated rings. The molecule has 6 nitrogen and oxygen atoms in total.